The van der Waals surface area contributed by atoms with Crippen LogP contribution < -0.4 is 4.74 Å². The molecule has 1 aromatic heterocycles. The van der Waals surface area contributed by atoms with E-state index in [1.807, 2.05) is 24.3 Å². The van der Waals surface area contributed by atoms with Gasteiger partial charge in [0.25, 0.3) is 0 Å². The minimum atomic E-state index is -0.721. The number of oxazole rings is 1. The summed E-state index contributed by atoms with van der Waals surface area (Å²) >= 11 is 0. The van der Waals surface area contributed by atoms with Crippen molar-refractivity contribution in [2.24, 2.45) is 5.92 Å². The van der Waals surface area contributed by atoms with Gasteiger partial charge in [0.1, 0.15) is 12.0 Å². The number of carboxylic acid groups (broad SMARTS) is 1. The maximum atomic E-state index is 11.0. The van der Waals surface area contributed by atoms with E-state index >= 15 is 0 Å². The number of methoxy groups -OCH3 is 1. The SMILES string of the molecule is COc1ccc(-c2nc(CN3CCC(C(=O)O)C3)co2)cc1.Cl. The van der Waals surface area contributed by atoms with Crippen LogP contribution in [0.25, 0.3) is 11.5 Å². The predicted molar refractivity (Wildman–Crippen MR) is 86.8 cm³/mol. The monoisotopic (exact) mass is 338 g/mol. The summed E-state index contributed by atoms with van der Waals surface area (Å²) in [5.41, 5.74) is 1.70. The lowest BCUT2D eigenvalue weighted by atomic mass is 10.1. The summed E-state index contributed by atoms with van der Waals surface area (Å²) in [4.78, 5) is 17.5. The number of aromatic nitrogens is 1. The van der Waals surface area contributed by atoms with Gasteiger partial charge in [-0.15, -0.1) is 12.4 Å². The van der Waals surface area contributed by atoms with Crippen molar-refractivity contribution in [3.05, 3.63) is 36.2 Å². The molecule has 1 unspecified atom stereocenters. The van der Waals surface area contributed by atoms with E-state index < -0.39 is 5.97 Å². The van der Waals surface area contributed by atoms with Gasteiger partial charge in [-0.3, -0.25) is 9.69 Å². The van der Waals surface area contributed by atoms with Gasteiger partial charge in [0.2, 0.25) is 5.89 Å². The number of hydrogen-bond acceptors (Lipinski definition) is 5. The fourth-order valence-corrected chi connectivity index (χ4v) is 2.65. The van der Waals surface area contributed by atoms with Crippen LogP contribution in [-0.2, 0) is 11.3 Å². The lowest BCUT2D eigenvalue weighted by molar-refractivity contribution is -0.141. The van der Waals surface area contributed by atoms with Gasteiger partial charge in [-0.25, -0.2) is 4.98 Å². The van der Waals surface area contributed by atoms with Crippen LogP contribution in [0.3, 0.4) is 0 Å². The summed E-state index contributed by atoms with van der Waals surface area (Å²) in [6.07, 6.45) is 2.33. The number of benzene rings is 1. The lowest BCUT2D eigenvalue weighted by Gasteiger charge is -2.12. The zero-order valence-corrected chi connectivity index (χ0v) is 13.6. The van der Waals surface area contributed by atoms with Crippen LogP contribution in [-0.4, -0.2) is 41.2 Å². The standard InChI is InChI=1S/C16H18N2O4.ClH/c1-21-14-4-2-11(3-5-14)15-17-13(10-22-15)9-18-7-6-12(8-18)16(19)20;/h2-5,10,12H,6-9H2,1H3,(H,19,20);1H. The van der Waals surface area contributed by atoms with Crippen LogP contribution >= 0.6 is 12.4 Å². The van der Waals surface area contributed by atoms with Crippen molar-refractivity contribution in [3.63, 3.8) is 0 Å². The third kappa shape index (κ3) is 4.03. The van der Waals surface area contributed by atoms with E-state index in [1.54, 1.807) is 13.4 Å². The average molecular weight is 339 g/mol. The molecule has 1 aromatic carbocycles. The lowest BCUT2D eigenvalue weighted by Crippen LogP contribution is -2.22. The maximum Gasteiger partial charge on any atom is 0.307 e. The Hall–Kier alpha value is -2.05. The van der Waals surface area contributed by atoms with Crippen molar-refractivity contribution in [1.29, 1.82) is 0 Å². The van der Waals surface area contributed by atoms with Crippen LogP contribution in [0.1, 0.15) is 12.1 Å². The second kappa shape index (κ2) is 7.48. The van der Waals surface area contributed by atoms with E-state index in [9.17, 15) is 4.79 Å². The molecule has 0 amide bonds. The zero-order chi connectivity index (χ0) is 15.5. The third-order valence-corrected chi connectivity index (χ3v) is 3.90. The summed E-state index contributed by atoms with van der Waals surface area (Å²) < 4.78 is 10.6. The van der Waals surface area contributed by atoms with Gasteiger partial charge in [0.15, 0.2) is 0 Å². The van der Waals surface area contributed by atoms with E-state index in [1.165, 1.54) is 0 Å². The molecule has 3 rings (SSSR count). The highest BCUT2D eigenvalue weighted by Crippen LogP contribution is 2.23. The summed E-state index contributed by atoms with van der Waals surface area (Å²) in [6.45, 7) is 1.96. The number of rotatable bonds is 5. The summed E-state index contributed by atoms with van der Waals surface area (Å²) in [6, 6.07) is 7.50. The topological polar surface area (TPSA) is 75.8 Å². The minimum Gasteiger partial charge on any atom is -0.497 e. The predicted octanol–water partition coefficient (Wildman–Crippen LogP) is 2.68. The maximum absolute atomic E-state index is 11.0. The number of likely N-dealkylation sites (tertiary alicyclic amines) is 1. The number of carboxylic acids is 1. The fraction of sp³-hybridized carbons (Fsp3) is 0.375. The molecule has 0 bridgehead atoms. The van der Waals surface area contributed by atoms with Crippen molar-refractivity contribution in [3.8, 4) is 17.2 Å². The first-order valence-corrected chi connectivity index (χ1v) is 7.19. The van der Waals surface area contributed by atoms with Crippen molar-refractivity contribution < 1.29 is 19.1 Å². The number of aliphatic carboxylic acids is 1. The third-order valence-electron chi connectivity index (χ3n) is 3.90. The number of ether oxygens (including phenoxy) is 1. The quantitative estimate of drug-likeness (QED) is 0.903. The van der Waals surface area contributed by atoms with Crippen molar-refractivity contribution in [2.75, 3.05) is 20.2 Å². The van der Waals surface area contributed by atoms with Crippen molar-refractivity contribution in [1.82, 2.24) is 9.88 Å². The molecule has 1 fully saturated rings. The fourth-order valence-electron chi connectivity index (χ4n) is 2.65. The van der Waals surface area contributed by atoms with Crippen LogP contribution in [0.5, 0.6) is 5.75 Å². The average Bonchev–Trinajstić information content (AvgIpc) is 3.17. The Labute approximate surface area is 140 Å². The van der Waals surface area contributed by atoms with E-state index in [0.29, 0.717) is 25.4 Å². The molecule has 1 aliphatic heterocycles. The molecule has 0 saturated carbocycles. The molecular weight excluding hydrogens is 320 g/mol. The Kier molecular flexibility index (Phi) is 5.63. The molecule has 6 nitrogen and oxygen atoms in total. The molecule has 1 aliphatic rings. The van der Waals surface area contributed by atoms with Gasteiger partial charge in [-0.2, -0.15) is 0 Å². The van der Waals surface area contributed by atoms with E-state index in [4.69, 9.17) is 14.3 Å². The summed E-state index contributed by atoms with van der Waals surface area (Å²) in [5, 5.41) is 9.02. The van der Waals surface area contributed by atoms with E-state index in [-0.39, 0.29) is 18.3 Å². The Morgan fingerprint density at radius 1 is 1.43 bits per heavy atom. The molecule has 1 saturated heterocycles. The summed E-state index contributed by atoms with van der Waals surface area (Å²) in [5.74, 6) is 0.355. The first kappa shape index (κ1) is 17.3. The zero-order valence-electron chi connectivity index (χ0n) is 12.8. The molecule has 23 heavy (non-hydrogen) atoms. The first-order chi connectivity index (χ1) is 10.7. The van der Waals surface area contributed by atoms with Gasteiger partial charge < -0.3 is 14.3 Å². The molecular formula is C16H19ClN2O4. The molecule has 2 aromatic rings. The number of hydrogen-bond donors (Lipinski definition) is 1. The molecule has 1 N–H and O–H groups in total. The second-order valence-electron chi connectivity index (χ2n) is 5.43. The van der Waals surface area contributed by atoms with Gasteiger partial charge in [-0.05, 0) is 37.2 Å². The Bertz CT molecular complexity index is 656. The highest BCUT2D eigenvalue weighted by molar-refractivity contribution is 5.85. The summed E-state index contributed by atoms with van der Waals surface area (Å²) in [7, 11) is 1.62. The first-order valence-electron chi connectivity index (χ1n) is 7.19. The molecule has 7 heteroatoms. The second-order valence-corrected chi connectivity index (χ2v) is 5.43. The van der Waals surface area contributed by atoms with Crippen LogP contribution in [0.15, 0.2) is 34.9 Å². The van der Waals surface area contributed by atoms with Crippen LogP contribution in [0, 0.1) is 5.92 Å². The number of nitrogens with zero attached hydrogens (tertiary/aromatic N) is 2. The Balaban J connectivity index is 0.00000192. The van der Waals surface area contributed by atoms with Crippen molar-refractivity contribution >= 4 is 18.4 Å². The minimum absolute atomic E-state index is 0. The van der Waals surface area contributed by atoms with Gasteiger partial charge in [0.05, 0.1) is 18.7 Å². The molecule has 0 aliphatic carbocycles. The van der Waals surface area contributed by atoms with Crippen LogP contribution in [0.4, 0.5) is 0 Å². The highest BCUT2D eigenvalue weighted by Gasteiger charge is 2.28. The van der Waals surface area contributed by atoms with Crippen LogP contribution in [0.2, 0.25) is 0 Å². The van der Waals surface area contributed by atoms with Gasteiger partial charge >= 0.3 is 5.97 Å². The molecule has 124 valence electrons. The molecule has 2 heterocycles. The smallest absolute Gasteiger partial charge is 0.307 e. The highest BCUT2D eigenvalue weighted by atomic mass is 35.5. The van der Waals surface area contributed by atoms with Gasteiger partial charge in [0, 0.05) is 18.7 Å². The largest absolute Gasteiger partial charge is 0.497 e. The molecule has 0 radical (unpaired) electrons. The normalized spacial score (nSPS) is 17.7. The molecule has 1 atom stereocenters. The van der Waals surface area contributed by atoms with Crippen molar-refractivity contribution in [2.45, 2.75) is 13.0 Å². The van der Waals surface area contributed by atoms with Gasteiger partial charge in [-0.1, -0.05) is 0 Å². The number of halogens is 1. The van der Waals surface area contributed by atoms with E-state index in [2.05, 4.69) is 9.88 Å². The Morgan fingerprint density at radius 3 is 2.78 bits per heavy atom. The number of carbonyl (C=O) groups is 1. The molecule has 0 spiro atoms. The van der Waals surface area contributed by atoms with E-state index in [0.717, 1.165) is 23.6 Å². The Morgan fingerprint density at radius 2 is 2.17 bits per heavy atom.